The molecule has 1 atom stereocenters. The van der Waals surface area contributed by atoms with E-state index in [9.17, 15) is 19.7 Å². The van der Waals surface area contributed by atoms with Crippen molar-refractivity contribution in [3.8, 4) is 6.07 Å². The lowest BCUT2D eigenvalue weighted by atomic mass is 9.84. The van der Waals surface area contributed by atoms with E-state index in [1.807, 2.05) is 31.7 Å². The van der Waals surface area contributed by atoms with Crippen LogP contribution in [0.25, 0.3) is 0 Å². The number of amides is 1. The maximum Gasteiger partial charge on any atom is 0.336 e. The van der Waals surface area contributed by atoms with Crippen molar-refractivity contribution >= 4 is 18.1 Å². The van der Waals surface area contributed by atoms with Crippen LogP contribution in [0.3, 0.4) is 0 Å². The molecule has 9 heteroatoms. The molecule has 2 rings (SSSR count). The number of hydrogen-bond acceptors (Lipinski definition) is 7. The molecule has 1 heterocycles. The van der Waals surface area contributed by atoms with Gasteiger partial charge in [-0.2, -0.15) is 5.26 Å². The number of benzene rings is 1. The molecule has 0 saturated heterocycles. The lowest BCUT2D eigenvalue weighted by molar-refractivity contribution is -0.384. The summed E-state index contributed by atoms with van der Waals surface area (Å²) >= 11 is 0. The summed E-state index contributed by atoms with van der Waals surface area (Å²) in [7, 11) is 0. The minimum atomic E-state index is -0.640. The van der Waals surface area contributed by atoms with E-state index in [-0.39, 0.29) is 18.7 Å². The Bertz CT molecular complexity index is 930. The van der Waals surface area contributed by atoms with Gasteiger partial charge < -0.3 is 14.5 Å². The first kappa shape index (κ1) is 23.6. The molecule has 1 aromatic rings. The number of ether oxygens (including phenoxy) is 1. The fraction of sp³-hybridized carbons (Fsp3) is 0.409. The Balaban J connectivity index is 2.67. The molecule has 1 aliphatic heterocycles. The van der Waals surface area contributed by atoms with Crippen LogP contribution in [0.4, 0.5) is 5.69 Å². The van der Waals surface area contributed by atoms with Gasteiger partial charge in [-0.05, 0) is 25.8 Å². The summed E-state index contributed by atoms with van der Waals surface area (Å²) in [6.45, 7) is 6.66. The molecule has 0 bridgehead atoms. The summed E-state index contributed by atoms with van der Waals surface area (Å²) in [5.74, 6) is -1.23. The monoisotopic (exact) mass is 426 g/mol. The molecule has 0 aliphatic carbocycles. The molecule has 0 N–H and O–H groups in total. The largest absolute Gasteiger partial charge is 0.461 e. The van der Waals surface area contributed by atoms with Gasteiger partial charge in [0.05, 0.1) is 34.6 Å². The smallest absolute Gasteiger partial charge is 0.336 e. The van der Waals surface area contributed by atoms with Gasteiger partial charge in [0.1, 0.15) is 6.61 Å². The summed E-state index contributed by atoms with van der Waals surface area (Å²) in [5.41, 5.74) is 2.40. The fourth-order valence-corrected chi connectivity index (χ4v) is 3.65. The second kappa shape index (κ2) is 10.9. The molecule has 0 saturated carbocycles. The van der Waals surface area contributed by atoms with Gasteiger partial charge in [0.2, 0.25) is 6.41 Å². The standard InChI is InChI=1S/C22H26N4O5/c1-4-19-21(25(6-3)15-27)20(16-8-10-17(11-9-16)26(29)30)18(14-24(19)5-2)22(28)31-13-7-12-23/h8-11,14-15,20H,4-7,13H2,1-3H3. The summed E-state index contributed by atoms with van der Waals surface area (Å²) in [6.07, 6.45) is 3.12. The third-order valence-corrected chi connectivity index (χ3v) is 5.09. The van der Waals surface area contributed by atoms with Crippen LogP contribution in [0, 0.1) is 21.4 Å². The molecule has 9 nitrogen and oxygen atoms in total. The summed E-state index contributed by atoms with van der Waals surface area (Å²) < 4.78 is 5.30. The highest BCUT2D eigenvalue weighted by Crippen LogP contribution is 2.41. The van der Waals surface area contributed by atoms with Gasteiger partial charge in [-0.25, -0.2) is 4.79 Å². The van der Waals surface area contributed by atoms with Gasteiger partial charge in [0.15, 0.2) is 0 Å². The average Bonchev–Trinajstić information content (AvgIpc) is 2.79. The van der Waals surface area contributed by atoms with Crippen molar-refractivity contribution in [3.05, 3.63) is 63.1 Å². The van der Waals surface area contributed by atoms with E-state index >= 15 is 0 Å². The van der Waals surface area contributed by atoms with Gasteiger partial charge >= 0.3 is 5.97 Å². The van der Waals surface area contributed by atoms with Crippen molar-refractivity contribution in [2.75, 3.05) is 19.7 Å². The van der Waals surface area contributed by atoms with Crippen molar-refractivity contribution in [1.82, 2.24) is 9.80 Å². The lowest BCUT2D eigenvalue weighted by Crippen LogP contribution is -2.36. The molecule has 1 unspecified atom stereocenters. The normalized spacial score (nSPS) is 15.7. The van der Waals surface area contributed by atoms with Crippen LogP contribution in [0.5, 0.6) is 0 Å². The zero-order valence-corrected chi connectivity index (χ0v) is 17.9. The maximum atomic E-state index is 13.0. The maximum absolute atomic E-state index is 13.0. The Labute approximate surface area is 181 Å². The highest BCUT2D eigenvalue weighted by molar-refractivity contribution is 5.92. The fourth-order valence-electron chi connectivity index (χ4n) is 3.65. The van der Waals surface area contributed by atoms with E-state index in [1.165, 1.54) is 12.1 Å². The number of nitriles is 1. The van der Waals surface area contributed by atoms with Crippen LogP contribution in [-0.4, -0.2) is 46.8 Å². The van der Waals surface area contributed by atoms with Crippen LogP contribution in [0.1, 0.15) is 45.1 Å². The second-order valence-corrected chi connectivity index (χ2v) is 6.77. The zero-order chi connectivity index (χ0) is 23.0. The number of nitrogens with zero attached hydrogens (tertiary/aromatic N) is 4. The quantitative estimate of drug-likeness (QED) is 0.185. The Morgan fingerprint density at radius 2 is 2.00 bits per heavy atom. The number of nitro groups is 1. The number of allylic oxidation sites excluding steroid dienone is 2. The number of nitro benzene ring substituents is 1. The predicted octanol–water partition coefficient (Wildman–Crippen LogP) is 3.45. The number of non-ortho nitro benzene ring substituents is 1. The Morgan fingerprint density at radius 3 is 2.48 bits per heavy atom. The number of likely N-dealkylation sites (N-methyl/N-ethyl adjacent to an activating group) is 1. The second-order valence-electron chi connectivity index (χ2n) is 6.77. The van der Waals surface area contributed by atoms with Gasteiger partial charge in [-0.3, -0.25) is 14.9 Å². The first-order valence-electron chi connectivity index (χ1n) is 10.1. The summed E-state index contributed by atoms with van der Waals surface area (Å²) in [5, 5.41) is 19.8. The molecule has 164 valence electrons. The van der Waals surface area contributed by atoms with Gasteiger partial charge in [-0.15, -0.1) is 0 Å². The molecule has 1 aliphatic rings. The van der Waals surface area contributed by atoms with Crippen LogP contribution in [0.15, 0.2) is 47.4 Å². The lowest BCUT2D eigenvalue weighted by Gasteiger charge is -2.38. The molecule has 0 radical (unpaired) electrons. The van der Waals surface area contributed by atoms with E-state index in [2.05, 4.69) is 0 Å². The number of rotatable bonds is 10. The van der Waals surface area contributed by atoms with Crippen LogP contribution in [0.2, 0.25) is 0 Å². The molecule has 0 aromatic heterocycles. The van der Waals surface area contributed by atoms with Crippen molar-refractivity contribution in [1.29, 1.82) is 5.26 Å². The third-order valence-electron chi connectivity index (χ3n) is 5.09. The highest BCUT2D eigenvalue weighted by Gasteiger charge is 2.37. The molecule has 31 heavy (non-hydrogen) atoms. The van der Waals surface area contributed by atoms with E-state index in [0.717, 1.165) is 12.1 Å². The van der Waals surface area contributed by atoms with Crippen molar-refractivity contribution in [2.24, 2.45) is 0 Å². The number of carbonyl (C=O) groups excluding carboxylic acids is 2. The molecular formula is C22H26N4O5. The molecular weight excluding hydrogens is 400 g/mol. The number of carbonyl (C=O) groups is 2. The SMILES string of the molecule is CCC1=C(N(C=O)CC)C(c2ccc([N+](=O)[O-])cc2)C(C(=O)OCCC#N)=CN1CC. The van der Waals surface area contributed by atoms with Crippen LogP contribution < -0.4 is 0 Å². The Morgan fingerprint density at radius 1 is 1.32 bits per heavy atom. The molecule has 1 amide bonds. The van der Waals surface area contributed by atoms with E-state index in [4.69, 9.17) is 10.00 Å². The van der Waals surface area contributed by atoms with E-state index in [1.54, 1.807) is 23.2 Å². The van der Waals surface area contributed by atoms with Crippen molar-refractivity contribution in [3.63, 3.8) is 0 Å². The van der Waals surface area contributed by atoms with Gasteiger partial charge in [0.25, 0.3) is 5.69 Å². The van der Waals surface area contributed by atoms with Crippen molar-refractivity contribution < 1.29 is 19.2 Å². The minimum Gasteiger partial charge on any atom is -0.461 e. The van der Waals surface area contributed by atoms with Crippen LogP contribution >= 0.6 is 0 Å². The zero-order valence-electron chi connectivity index (χ0n) is 17.9. The first-order chi connectivity index (χ1) is 14.9. The molecule has 1 aromatic carbocycles. The van der Waals surface area contributed by atoms with Gasteiger partial charge in [0, 0.05) is 37.1 Å². The highest BCUT2D eigenvalue weighted by atomic mass is 16.6. The Kier molecular flexibility index (Phi) is 8.32. The summed E-state index contributed by atoms with van der Waals surface area (Å²) in [6, 6.07) is 7.86. The summed E-state index contributed by atoms with van der Waals surface area (Å²) in [4.78, 5) is 38.9. The Hall–Kier alpha value is -3.67. The minimum absolute atomic E-state index is 0.0450. The van der Waals surface area contributed by atoms with Gasteiger partial charge in [-0.1, -0.05) is 19.1 Å². The van der Waals surface area contributed by atoms with E-state index < -0.39 is 16.8 Å². The first-order valence-corrected chi connectivity index (χ1v) is 10.1. The molecule has 0 spiro atoms. The third kappa shape index (κ3) is 5.09. The number of hydrogen-bond donors (Lipinski definition) is 0. The average molecular weight is 426 g/mol. The van der Waals surface area contributed by atoms with Crippen LogP contribution in [-0.2, 0) is 14.3 Å². The topological polar surface area (TPSA) is 117 Å². The number of esters is 1. The van der Waals surface area contributed by atoms with Crippen molar-refractivity contribution in [2.45, 2.75) is 39.5 Å². The van der Waals surface area contributed by atoms with E-state index in [0.29, 0.717) is 36.3 Å². The molecule has 0 fully saturated rings. The predicted molar refractivity (Wildman–Crippen MR) is 113 cm³/mol.